The summed E-state index contributed by atoms with van der Waals surface area (Å²) >= 11 is 0. The van der Waals surface area contributed by atoms with Crippen LogP contribution in [0.25, 0.3) is 0 Å². The number of anilines is 1. The summed E-state index contributed by atoms with van der Waals surface area (Å²) in [5.41, 5.74) is 1.33. The number of aryl methyl sites for hydroxylation is 2. The third-order valence-corrected chi connectivity index (χ3v) is 4.38. The molecule has 128 valence electrons. The molecule has 3 rings (SSSR count). The van der Waals surface area contributed by atoms with E-state index in [-0.39, 0.29) is 12.1 Å². The first-order valence-corrected chi connectivity index (χ1v) is 8.31. The van der Waals surface area contributed by atoms with Crippen LogP contribution in [0, 0.1) is 6.92 Å². The quantitative estimate of drug-likeness (QED) is 0.899. The van der Waals surface area contributed by atoms with Crippen molar-refractivity contribution in [1.82, 2.24) is 25.0 Å². The van der Waals surface area contributed by atoms with E-state index in [1.54, 1.807) is 11.7 Å². The summed E-state index contributed by atoms with van der Waals surface area (Å²) in [6.45, 7) is 4.79. The van der Waals surface area contributed by atoms with Gasteiger partial charge in [-0.1, -0.05) is 30.3 Å². The highest BCUT2D eigenvalue weighted by Crippen LogP contribution is 2.14. The molecule has 0 radical (unpaired) electrons. The third kappa shape index (κ3) is 4.32. The van der Waals surface area contributed by atoms with Gasteiger partial charge in [0.15, 0.2) is 0 Å². The Balaban J connectivity index is 1.42. The predicted molar refractivity (Wildman–Crippen MR) is 92.6 cm³/mol. The number of carbonyl (C=O) groups is 1. The molecule has 0 aliphatic carbocycles. The summed E-state index contributed by atoms with van der Waals surface area (Å²) in [5, 5.41) is 9.84. The SMILES string of the molecule is Cc1nc(NC(=O)NC2CCN(Cc3ccccc3)CC2)nn1C. The summed E-state index contributed by atoms with van der Waals surface area (Å²) in [7, 11) is 1.80. The van der Waals surface area contributed by atoms with Crippen molar-refractivity contribution in [2.75, 3.05) is 18.4 Å². The van der Waals surface area contributed by atoms with Gasteiger partial charge in [0.2, 0.25) is 5.95 Å². The van der Waals surface area contributed by atoms with Gasteiger partial charge in [-0.05, 0) is 25.3 Å². The molecule has 0 saturated carbocycles. The summed E-state index contributed by atoms with van der Waals surface area (Å²) < 4.78 is 1.64. The van der Waals surface area contributed by atoms with Crippen molar-refractivity contribution < 1.29 is 4.79 Å². The molecule has 0 spiro atoms. The van der Waals surface area contributed by atoms with Crippen molar-refractivity contribution in [1.29, 1.82) is 0 Å². The van der Waals surface area contributed by atoms with Gasteiger partial charge in [-0.2, -0.15) is 4.98 Å². The Morgan fingerprint density at radius 3 is 2.58 bits per heavy atom. The van der Waals surface area contributed by atoms with E-state index in [0.717, 1.165) is 38.3 Å². The van der Waals surface area contributed by atoms with Gasteiger partial charge >= 0.3 is 6.03 Å². The first-order chi connectivity index (χ1) is 11.6. The molecule has 1 aromatic heterocycles. The second kappa shape index (κ2) is 7.44. The maximum absolute atomic E-state index is 12.0. The predicted octanol–water partition coefficient (Wildman–Crippen LogP) is 1.91. The second-order valence-corrected chi connectivity index (χ2v) is 6.24. The van der Waals surface area contributed by atoms with Gasteiger partial charge < -0.3 is 5.32 Å². The highest BCUT2D eigenvalue weighted by molar-refractivity contribution is 5.87. The van der Waals surface area contributed by atoms with E-state index >= 15 is 0 Å². The fourth-order valence-electron chi connectivity index (χ4n) is 2.92. The number of nitrogens with one attached hydrogen (secondary N) is 2. The van der Waals surface area contributed by atoms with Crippen molar-refractivity contribution in [3.63, 3.8) is 0 Å². The summed E-state index contributed by atoms with van der Waals surface area (Å²) in [4.78, 5) is 18.6. The molecule has 0 unspecified atom stereocenters. The van der Waals surface area contributed by atoms with Crippen LogP contribution in [-0.4, -0.2) is 44.8 Å². The normalized spacial score (nSPS) is 16.1. The fourth-order valence-corrected chi connectivity index (χ4v) is 2.92. The first-order valence-electron chi connectivity index (χ1n) is 8.31. The molecule has 2 aromatic rings. The number of aromatic nitrogens is 3. The zero-order valence-corrected chi connectivity index (χ0v) is 14.2. The van der Waals surface area contributed by atoms with Gasteiger partial charge in [-0.25, -0.2) is 4.79 Å². The van der Waals surface area contributed by atoms with Crippen molar-refractivity contribution >= 4 is 12.0 Å². The van der Waals surface area contributed by atoms with Crippen LogP contribution in [0.15, 0.2) is 30.3 Å². The topological polar surface area (TPSA) is 75.1 Å². The van der Waals surface area contributed by atoms with E-state index in [1.807, 2.05) is 13.0 Å². The van der Waals surface area contributed by atoms with Crippen LogP contribution in [-0.2, 0) is 13.6 Å². The van der Waals surface area contributed by atoms with E-state index in [0.29, 0.717) is 5.95 Å². The Morgan fingerprint density at radius 1 is 1.25 bits per heavy atom. The van der Waals surface area contributed by atoms with Crippen molar-refractivity contribution in [3.05, 3.63) is 41.7 Å². The number of likely N-dealkylation sites (tertiary alicyclic amines) is 1. The summed E-state index contributed by atoms with van der Waals surface area (Å²) in [6, 6.07) is 10.4. The van der Waals surface area contributed by atoms with Crippen LogP contribution >= 0.6 is 0 Å². The molecule has 2 amide bonds. The molecule has 1 saturated heterocycles. The number of hydrogen-bond donors (Lipinski definition) is 2. The van der Waals surface area contributed by atoms with Crippen LogP contribution in [0.5, 0.6) is 0 Å². The van der Waals surface area contributed by atoms with Gasteiger partial charge in [-0.3, -0.25) is 14.9 Å². The molecule has 1 aliphatic heterocycles. The zero-order valence-electron chi connectivity index (χ0n) is 14.2. The maximum atomic E-state index is 12.0. The molecule has 0 bridgehead atoms. The fraction of sp³-hybridized carbons (Fsp3) is 0.471. The average Bonchev–Trinajstić information content (AvgIpc) is 2.88. The molecule has 1 aromatic carbocycles. The minimum Gasteiger partial charge on any atom is -0.335 e. The molecular formula is C17H24N6O. The molecule has 2 heterocycles. The van der Waals surface area contributed by atoms with Gasteiger partial charge in [-0.15, -0.1) is 5.10 Å². The molecule has 7 heteroatoms. The summed E-state index contributed by atoms with van der Waals surface area (Å²) in [5.74, 6) is 1.11. The number of piperidine rings is 1. The Bertz CT molecular complexity index is 656. The standard InChI is InChI=1S/C17H24N6O/c1-13-18-16(21-22(13)2)20-17(24)19-15-8-10-23(11-9-15)12-14-6-4-3-5-7-14/h3-7,15H,8-12H2,1-2H3,(H2,19,20,21,24). The number of carbonyl (C=O) groups excluding carboxylic acids is 1. The minimum absolute atomic E-state index is 0.196. The smallest absolute Gasteiger partial charge is 0.321 e. The van der Waals surface area contributed by atoms with Gasteiger partial charge in [0.25, 0.3) is 0 Å². The van der Waals surface area contributed by atoms with Crippen molar-refractivity contribution in [3.8, 4) is 0 Å². The lowest BCUT2D eigenvalue weighted by molar-refractivity contribution is 0.190. The van der Waals surface area contributed by atoms with E-state index in [1.165, 1.54) is 5.56 Å². The Labute approximate surface area is 142 Å². The van der Waals surface area contributed by atoms with E-state index in [9.17, 15) is 4.79 Å². The van der Waals surface area contributed by atoms with E-state index in [2.05, 4.69) is 49.9 Å². The lowest BCUT2D eigenvalue weighted by Gasteiger charge is -2.32. The molecular weight excluding hydrogens is 304 g/mol. The molecule has 24 heavy (non-hydrogen) atoms. The molecule has 1 fully saturated rings. The zero-order chi connectivity index (χ0) is 16.9. The number of urea groups is 1. The minimum atomic E-state index is -0.234. The van der Waals surface area contributed by atoms with Crippen molar-refractivity contribution in [2.24, 2.45) is 7.05 Å². The van der Waals surface area contributed by atoms with Gasteiger partial charge in [0.05, 0.1) is 0 Å². The third-order valence-electron chi connectivity index (χ3n) is 4.38. The van der Waals surface area contributed by atoms with E-state index < -0.39 is 0 Å². The second-order valence-electron chi connectivity index (χ2n) is 6.24. The van der Waals surface area contributed by atoms with E-state index in [4.69, 9.17) is 0 Å². The van der Waals surface area contributed by atoms with Gasteiger partial charge in [0, 0.05) is 32.7 Å². The van der Waals surface area contributed by atoms with Crippen LogP contribution < -0.4 is 10.6 Å². The Hall–Kier alpha value is -2.41. The largest absolute Gasteiger partial charge is 0.335 e. The lowest BCUT2D eigenvalue weighted by Crippen LogP contribution is -2.45. The molecule has 7 nitrogen and oxygen atoms in total. The number of nitrogens with zero attached hydrogens (tertiary/aromatic N) is 4. The maximum Gasteiger partial charge on any atom is 0.321 e. The first kappa shape index (κ1) is 16.4. The van der Waals surface area contributed by atoms with Crippen LogP contribution in [0.2, 0.25) is 0 Å². The number of rotatable bonds is 4. The number of amides is 2. The number of benzene rings is 1. The molecule has 2 N–H and O–H groups in total. The summed E-state index contributed by atoms with van der Waals surface area (Å²) in [6.07, 6.45) is 1.91. The molecule has 0 atom stereocenters. The monoisotopic (exact) mass is 328 g/mol. The average molecular weight is 328 g/mol. The highest BCUT2D eigenvalue weighted by atomic mass is 16.2. The van der Waals surface area contributed by atoms with Crippen LogP contribution in [0.1, 0.15) is 24.2 Å². The van der Waals surface area contributed by atoms with Crippen LogP contribution in [0.4, 0.5) is 10.7 Å². The highest BCUT2D eigenvalue weighted by Gasteiger charge is 2.21. The molecule has 1 aliphatic rings. The lowest BCUT2D eigenvalue weighted by atomic mass is 10.0. The van der Waals surface area contributed by atoms with Crippen molar-refractivity contribution in [2.45, 2.75) is 32.4 Å². The Kier molecular flexibility index (Phi) is 5.10. The number of hydrogen-bond acceptors (Lipinski definition) is 4. The Morgan fingerprint density at radius 2 is 1.96 bits per heavy atom. The van der Waals surface area contributed by atoms with Gasteiger partial charge in [0.1, 0.15) is 5.82 Å². The van der Waals surface area contributed by atoms with Crippen LogP contribution in [0.3, 0.4) is 0 Å².